The highest BCUT2D eigenvalue weighted by atomic mass is 32.1. The van der Waals surface area contributed by atoms with Crippen molar-refractivity contribution in [3.05, 3.63) is 88.4 Å². The van der Waals surface area contributed by atoms with E-state index in [0.29, 0.717) is 29.7 Å². The van der Waals surface area contributed by atoms with Crippen LogP contribution < -0.4 is 4.74 Å². The number of methoxy groups -OCH3 is 1. The van der Waals surface area contributed by atoms with Crippen LogP contribution in [-0.2, 0) is 18.3 Å². The molecule has 2 aromatic heterocycles. The first-order valence-corrected chi connectivity index (χ1v) is 11.3. The van der Waals surface area contributed by atoms with Crippen LogP contribution in [0, 0.1) is 5.82 Å². The van der Waals surface area contributed by atoms with Crippen molar-refractivity contribution in [2.24, 2.45) is 7.05 Å². The Balaban J connectivity index is 1.75. The topological polar surface area (TPSA) is 56.6 Å². The summed E-state index contributed by atoms with van der Waals surface area (Å²) in [5, 5.41) is 6.58. The van der Waals surface area contributed by atoms with Crippen molar-refractivity contribution in [3.63, 3.8) is 0 Å². The van der Waals surface area contributed by atoms with E-state index in [-0.39, 0.29) is 18.3 Å². The Hall–Kier alpha value is -3.49. The number of benzene rings is 2. The van der Waals surface area contributed by atoms with Crippen LogP contribution in [0.25, 0.3) is 11.3 Å². The van der Waals surface area contributed by atoms with Crippen molar-refractivity contribution in [1.82, 2.24) is 14.7 Å². The summed E-state index contributed by atoms with van der Waals surface area (Å²) >= 11 is 1.40. The van der Waals surface area contributed by atoms with E-state index in [0.717, 1.165) is 16.8 Å². The van der Waals surface area contributed by atoms with Gasteiger partial charge in [0.05, 0.1) is 23.6 Å². The molecule has 4 aromatic rings. The van der Waals surface area contributed by atoms with Gasteiger partial charge in [0.25, 0.3) is 5.91 Å². The molecule has 0 bridgehead atoms. The average Bonchev–Trinajstić information content (AvgIpc) is 3.47. The van der Waals surface area contributed by atoms with Gasteiger partial charge >= 0.3 is 0 Å². The number of aromatic nitrogens is 2. The lowest BCUT2D eigenvalue weighted by Crippen LogP contribution is -2.33. The zero-order valence-electron chi connectivity index (χ0n) is 18.4. The zero-order chi connectivity index (χ0) is 23.2. The fourth-order valence-electron chi connectivity index (χ4n) is 3.47. The van der Waals surface area contributed by atoms with E-state index in [1.807, 2.05) is 47.8 Å². The van der Waals surface area contributed by atoms with E-state index in [1.165, 1.54) is 23.5 Å². The predicted octanol–water partition coefficient (Wildman–Crippen LogP) is 5.37. The molecule has 0 saturated carbocycles. The first-order valence-electron chi connectivity index (χ1n) is 10.4. The fraction of sp³-hybridized carbons (Fsp3) is 0.200. The van der Waals surface area contributed by atoms with Crippen LogP contribution in [-0.4, -0.2) is 40.8 Å². The molecule has 0 aliphatic heterocycles. The van der Waals surface area contributed by atoms with Crippen LogP contribution in [0.15, 0.2) is 72.1 Å². The minimum atomic E-state index is -0.343. The molecule has 0 aliphatic rings. The highest BCUT2D eigenvalue weighted by molar-refractivity contribution is 7.12. The Morgan fingerprint density at radius 1 is 1.09 bits per heavy atom. The van der Waals surface area contributed by atoms with Crippen LogP contribution in [0.3, 0.4) is 0 Å². The molecule has 2 heterocycles. The second-order valence-electron chi connectivity index (χ2n) is 7.37. The predicted molar refractivity (Wildman–Crippen MR) is 126 cm³/mol. The Labute approximate surface area is 195 Å². The smallest absolute Gasteiger partial charge is 0.264 e. The van der Waals surface area contributed by atoms with Gasteiger partial charge in [-0.3, -0.25) is 4.79 Å². The highest BCUT2D eigenvalue weighted by Crippen LogP contribution is 2.34. The van der Waals surface area contributed by atoms with Crippen LogP contribution in [0.5, 0.6) is 11.6 Å². The van der Waals surface area contributed by atoms with Crippen LogP contribution in [0.2, 0.25) is 0 Å². The molecule has 0 atom stereocenters. The molecule has 4 rings (SSSR count). The maximum Gasteiger partial charge on any atom is 0.264 e. The lowest BCUT2D eigenvalue weighted by Gasteiger charge is -2.22. The average molecular weight is 466 g/mol. The quantitative estimate of drug-likeness (QED) is 0.334. The van der Waals surface area contributed by atoms with Gasteiger partial charge in [-0.15, -0.1) is 11.3 Å². The van der Waals surface area contributed by atoms with Crippen LogP contribution in [0.1, 0.15) is 15.2 Å². The van der Waals surface area contributed by atoms with Gasteiger partial charge in [-0.05, 0) is 35.7 Å². The van der Waals surface area contributed by atoms with Crippen molar-refractivity contribution in [1.29, 1.82) is 0 Å². The number of hydrogen-bond acceptors (Lipinski definition) is 5. The van der Waals surface area contributed by atoms with E-state index in [9.17, 15) is 9.18 Å². The largest absolute Gasteiger partial charge is 0.439 e. The first-order chi connectivity index (χ1) is 16.1. The Morgan fingerprint density at radius 3 is 2.52 bits per heavy atom. The van der Waals surface area contributed by atoms with Gasteiger partial charge in [-0.1, -0.05) is 36.4 Å². The van der Waals surface area contributed by atoms with Crippen molar-refractivity contribution in [2.45, 2.75) is 6.54 Å². The van der Waals surface area contributed by atoms with E-state index in [1.54, 1.807) is 35.9 Å². The molecule has 0 unspecified atom stereocenters. The van der Waals surface area contributed by atoms with Gasteiger partial charge in [-0.2, -0.15) is 5.10 Å². The summed E-state index contributed by atoms with van der Waals surface area (Å²) in [5.74, 6) is 0.539. The number of ether oxygens (including phenoxy) is 2. The normalized spacial score (nSPS) is 10.9. The highest BCUT2D eigenvalue weighted by Gasteiger charge is 2.25. The third-order valence-corrected chi connectivity index (χ3v) is 5.95. The third kappa shape index (κ3) is 5.30. The molecule has 0 fully saturated rings. The zero-order valence-corrected chi connectivity index (χ0v) is 19.2. The molecule has 0 spiro atoms. The summed E-state index contributed by atoms with van der Waals surface area (Å²) in [4.78, 5) is 15.6. The van der Waals surface area contributed by atoms with Gasteiger partial charge < -0.3 is 14.4 Å². The molecule has 0 saturated heterocycles. The lowest BCUT2D eigenvalue weighted by molar-refractivity contribution is 0.0684. The number of rotatable bonds is 9. The molecule has 0 N–H and O–H groups in total. The molecule has 2 aromatic carbocycles. The number of nitrogens with zero attached hydrogens (tertiary/aromatic N) is 3. The van der Waals surface area contributed by atoms with E-state index in [2.05, 4.69) is 0 Å². The lowest BCUT2D eigenvalue weighted by atomic mass is 10.1. The Bertz CT molecular complexity index is 1190. The van der Waals surface area contributed by atoms with Crippen molar-refractivity contribution in [3.8, 4) is 22.9 Å². The Morgan fingerprint density at radius 2 is 1.85 bits per heavy atom. The van der Waals surface area contributed by atoms with Gasteiger partial charge in [-0.25, -0.2) is 9.07 Å². The molecule has 0 radical (unpaired) electrons. The summed E-state index contributed by atoms with van der Waals surface area (Å²) in [6.07, 6.45) is 0. The molecule has 6 nitrogen and oxygen atoms in total. The van der Waals surface area contributed by atoms with E-state index < -0.39 is 0 Å². The first kappa shape index (κ1) is 22.7. The number of halogens is 1. The second kappa shape index (κ2) is 10.4. The maximum atomic E-state index is 13.4. The van der Waals surface area contributed by atoms with Gasteiger partial charge in [0.1, 0.15) is 17.3 Å². The van der Waals surface area contributed by atoms with Gasteiger partial charge in [0.15, 0.2) is 0 Å². The van der Waals surface area contributed by atoms with Crippen molar-refractivity contribution >= 4 is 17.2 Å². The third-order valence-electron chi connectivity index (χ3n) is 5.10. The van der Waals surface area contributed by atoms with Gasteiger partial charge in [0.2, 0.25) is 5.88 Å². The monoisotopic (exact) mass is 465 g/mol. The minimum absolute atomic E-state index is 0.0855. The minimum Gasteiger partial charge on any atom is -0.439 e. The molecular weight excluding hydrogens is 441 g/mol. The summed E-state index contributed by atoms with van der Waals surface area (Å²) in [6.45, 7) is 1.08. The number of hydrogen-bond donors (Lipinski definition) is 0. The van der Waals surface area contributed by atoms with Crippen LogP contribution >= 0.6 is 11.3 Å². The number of carbonyl (C=O) groups is 1. The molecule has 1 amide bonds. The summed E-state index contributed by atoms with van der Waals surface area (Å²) < 4.78 is 26.4. The summed E-state index contributed by atoms with van der Waals surface area (Å²) in [6, 6.07) is 19.2. The van der Waals surface area contributed by atoms with Crippen molar-refractivity contribution < 1.29 is 18.7 Å². The number of aryl methyl sites for hydroxylation is 1. The van der Waals surface area contributed by atoms with Crippen molar-refractivity contribution in [2.75, 3.05) is 20.3 Å². The molecule has 8 heteroatoms. The maximum absolute atomic E-state index is 13.4. The summed E-state index contributed by atoms with van der Waals surface area (Å²) in [7, 11) is 3.39. The number of amides is 1. The molecular formula is C25H24FN3O3S. The van der Waals surface area contributed by atoms with E-state index in [4.69, 9.17) is 14.6 Å². The Kier molecular flexibility index (Phi) is 7.16. The van der Waals surface area contributed by atoms with E-state index >= 15 is 0 Å². The molecule has 33 heavy (non-hydrogen) atoms. The SMILES string of the molecule is COCCN(Cc1c(-c2ccccc2)nn(C)c1Oc1ccc(F)cc1)C(=O)c1cccs1. The number of carbonyl (C=O) groups excluding carboxylic acids is 1. The van der Waals surface area contributed by atoms with Gasteiger partial charge in [0, 0.05) is 26.3 Å². The number of thiophene rings is 1. The molecule has 170 valence electrons. The second-order valence-corrected chi connectivity index (χ2v) is 8.32. The standard InChI is InChI=1S/C25H24FN3O3S/c1-28-25(32-20-12-10-19(26)11-13-20)21(23(27-28)18-7-4-3-5-8-18)17-29(14-15-31-2)24(30)22-9-6-16-33-22/h3-13,16H,14-15,17H2,1-2H3. The fourth-order valence-corrected chi connectivity index (χ4v) is 4.16. The van der Waals surface area contributed by atoms with Crippen LogP contribution in [0.4, 0.5) is 4.39 Å². The summed E-state index contributed by atoms with van der Waals surface area (Å²) in [5.41, 5.74) is 2.39. The molecule has 0 aliphatic carbocycles.